The van der Waals surface area contributed by atoms with E-state index >= 15 is 0 Å². The maximum Gasteiger partial charge on any atom is 0.698 e. The van der Waals surface area contributed by atoms with Crippen LogP contribution in [0.25, 0.3) is 0 Å². The molecule has 0 bridgehead atoms. The number of hydrogen-bond donors (Lipinski definition) is 1. The van der Waals surface area contributed by atoms with E-state index in [9.17, 15) is 4.57 Å². The molecule has 0 radical (unpaired) electrons. The van der Waals surface area contributed by atoms with Crippen molar-refractivity contribution in [2.45, 2.75) is 39.5 Å². The molecule has 1 rings (SSSR count). The molecule has 4 nitrogen and oxygen atoms in total. The first-order valence-corrected chi connectivity index (χ1v) is 7.11. The molecule has 0 aliphatic rings. The predicted octanol–water partition coefficient (Wildman–Crippen LogP) is 3.94. The van der Waals surface area contributed by atoms with Crippen molar-refractivity contribution >= 4 is 8.25 Å². The topological polar surface area (TPSA) is 55.8 Å². The summed E-state index contributed by atoms with van der Waals surface area (Å²) in [5.41, 5.74) is 2.16. The molecule has 0 aliphatic heterocycles. The first kappa shape index (κ1) is 15.1. The van der Waals surface area contributed by atoms with Gasteiger partial charge in [0.05, 0.1) is 0 Å². The third kappa shape index (κ3) is 4.05. The van der Waals surface area contributed by atoms with E-state index in [0.29, 0.717) is 11.8 Å². The van der Waals surface area contributed by atoms with Gasteiger partial charge < -0.3 is 4.74 Å². The number of hydrogen-bond acceptors (Lipinski definition) is 3. The summed E-state index contributed by atoms with van der Waals surface area (Å²) in [5.74, 6) is 1.41. The molecular weight excluding hydrogens is 251 g/mol. The second-order valence-corrected chi connectivity index (χ2v) is 5.44. The highest BCUT2D eigenvalue weighted by Crippen LogP contribution is 2.34. The first-order valence-electron chi connectivity index (χ1n) is 5.98. The Balaban J connectivity index is 2.99. The van der Waals surface area contributed by atoms with Crippen molar-refractivity contribution in [3.8, 4) is 5.75 Å². The van der Waals surface area contributed by atoms with E-state index in [1.165, 1.54) is 0 Å². The molecular formula is C13H20O4P+. The fraction of sp³-hybridized carbons (Fsp3) is 0.538. The van der Waals surface area contributed by atoms with Crippen molar-refractivity contribution in [3.63, 3.8) is 0 Å². The van der Waals surface area contributed by atoms with Gasteiger partial charge in [0.15, 0.2) is 0 Å². The Bertz CT molecular complexity index is 389. The Morgan fingerprint density at radius 1 is 1.17 bits per heavy atom. The van der Waals surface area contributed by atoms with Crippen molar-refractivity contribution in [2.75, 3.05) is 6.79 Å². The van der Waals surface area contributed by atoms with Crippen molar-refractivity contribution in [2.24, 2.45) is 0 Å². The van der Waals surface area contributed by atoms with Gasteiger partial charge in [-0.3, -0.25) is 0 Å². The van der Waals surface area contributed by atoms with Gasteiger partial charge in [-0.05, 0) is 23.0 Å². The van der Waals surface area contributed by atoms with Crippen LogP contribution >= 0.6 is 8.25 Å². The monoisotopic (exact) mass is 271 g/mol. The fourth-order valence-corrected chi connectivity index (χ4v) is 1.92. The average molecular weight is 271 g/mol. The number of para-hydroxylation sites is 1. The van der Waals surface area contributed by atoms with E-state index in [0.717, 1.165) is 16.9 Å². The molecule has 0 saturated carbocycles. The Labute approximate surface area is 109 Å². The molecule has 1 N–H and O–H groups in total. The standard InChI is InChI=1S/C13H19O4P/c1-9(2)11-6-5-7-12(10(3)4)13(11)16-8-17-18(14)15/h5-7,9-10H,8H2,1-4H3/p+1. The second kappa shape index (κ2) is 6.83. The third-order valence-electron chi connectivity index (χ3n) is 2.69. The third-order valence-corrected chi connectivity index (χ3v) is 3.01. The lowest BCUT2D eigenvalue weighted by Crippen LogP contribution is -2.06. The number of ether oxygens (including phenoxy) is 1. The number of benzene rings is 1. The van der Waals surface area contributed by atoms with Crippen LogP contribution in [0, 0.1) is 0 Å². The molecule has 0 aromatic heterocycles. The summed E-state index contributed by atoms with van der Waals surface area (Å²) in [6, 6.07) is 6.01. The largest absolute Gasteiger partial charge is 0.698 e. The zero-order valence-corrected chi connectivity index (χ0v) is 12.1. The summed E-state index contributed by atoms with van der Waals surface area (Å²) in [5, 5.41) is 0. The molecule has 0 aliphatic carbocycles. The van der Waals surface area contributed by atoms with Gasteiger partial charge in [-0.15, -0.1) is 4.89 Å². The van der Waals surface area contributed by atoms with Crippen LogP contribution in [-0.2, 0) is 9.09 Å². The normalized spacial score (nSPS) is 12.1. The van der Waals surface area contributed by atoms with Gasteiger partial charge >= 0.3 is 8.25 Å². The summed E-state index contributed by atoms with van der Waals surface area (Å²) in [4.78, 5) is 8.59. The highest BCUT2D eigenvalue weighted by atomic mass is 31.1. The molecule has 18 heavy (non-hydrogen) atoms. The van der Waals surface area contributed by atoms with Crippen molar-refractivity contribution < 1.29 is 18.7 Å². The van der Waals surface area contributed by atoms with E-state index in [1.807, 2.05) is 18.2 Å². The summed E-state index contributed by atoms with van der Waals surface area (Å²) in [6.07, 6.45) is 0. The molecule has 0 amide bonds. The lowest BCUT2D eigenvalue weighted by molar-refractivity contribution is 0.112. The van der Waals surface area contributed by atoms with Gasteiger partial charge in [0, 0.05) is 4.57 Å². The first-order chi connectivity index (χ1) is 8.43. The minimum atomic E-state index is -2.62. The fourth-order valence-electron chi connectivity index (χ4n) is 1.78. The molecule has 1 atom stereocenters. The van der Waals surface area contributed by atoms with E-state index in [-0.39, 0.29) is 6.79 Å². The van der Waals surface area contributed by atoms with Crippen LogP contribution in [0.5, 0.6) is 5.75 Å². The Hall–Kier alpha value is -0.960. The summed E-state index contributed by atoms with van der Waals surface area (Å²) >= 11 is 0. The van der Waals surface area contributed by atoms with Crippen LogP contribution in [0.15, 0.2) is 18.2 Å². The van der Waals surface area contributed by atoms with Gasteiger partial charge in [-0.1, -0.05) is 50.4 Å². The maximum atomic E-state index is 10.5. The molecule has 100 valence electrons. The predicted molar refractivity (Wildman–Crippen MR) is 71.0 cm³/mol. The van der Waals surface area contributed by atoms with E-state index in [4.69, 9.17) is 9.63 Å². The van der Waals surface area contributed by atoms with E-state index in [2.05, 4.69) is 32.2 Å². The zero-order chi connectivity index (χ0) is 13.7. The van der Waals surface area contributed by atoms with Crippen molar-refractivity contribution in [3.05, 3.63) is 29.3 Å². The highest BCUT2D eigenvalue weighted by molar-refractivity contribution is 7.32. The van der Waals surface area contributed by atoms with E-state index < -0.39 is 8.25 Å². The van der Waals surface area contributed by atoms with Gasteiger partial charge in [0.1, 0.15) is 5.75 Å². The Morgan fingerprint density at radius 3 is 2.06 bits per heavy atom. The van der Waals surface area contributed by atoms with Crippen LogP contribution in [0.1, 0.15) is 50.7 Å². The number of rotatable bonds is 6. The van der Waals surface area contributed by atoms with Crippen LogP contribution in [-0.4, -0.2) is 11.7 Å². The van der Waals surface area contributed by atoms with Crippen LogP contribution in [0.2, 0.25) is 0 Å². The lowest BCUT2D eigenvalue weighted by Gasteiger charge is -2.18. The minimum Gasteiger partial charge on any atom is -0.462 e. The SMILES string of the molecule is CC(C)c1cccc(C(C)C)c1OCO[P+](=O)O. The van der Waals surface area contributed by atoms with Gasteiger partial charge in [0.2, 0.25) is 6.79 Å². The Morgan fingerprint density at radius 2 is 1.67 bits per heavy atom. The zero-order valence-electron chi connectivity index (χ0n) is 11.2. The van der Waals surface area contributed by atoms with Gasteiger partial charge in [-0.2, -0.15) is 0 Å². The average Bonchev–Trinajstić information content (AvgIpc) is 2.28. The molecule has 0 heterocycles. The molecule has 5 heteroatoms. The molecule has 1 aromatic carbocycles. The van der Waals surface area contributed by atoms with Crippen LogP contribution in [0.4, 0.5) is 0 Å². The summed E-state index contributed by atoms with van der Waals surface area (Å²) < 4.78 is 20.6. The summed E-state index contributed by atoms with van der Waals surface area (Å²) in [6.45, 7) is 8.12. The quantitative estimate of drug-likeness (QED) is 0.629. The van der Waals surface area contributed by atoms with Gasteiger partial charge in [0.25, 0.3) is 0 Å². The summed E-state index contributed by atoms with van der Waals surface area (Å²) in [7, 11) is -2.62. The second-order valence-electron chi connectivity index (χ2n) is 4.70. The maximum absolute atomic E-state index is 10.5. The molecule has 0 saturated heterocycles. The lowest BCUT2D eigenvalue weighted by atomic mass is 9.94. The molecule has 1 aromatic rings. The Kier molecular flexibility index (Phi) is 5.73. The van der Waals surface area contributed by atoms with Crippen molar-refractivity contribution in [1.82, 2.24) is 0 Å². The smallest absolute Gasteiger partial charge is 0.462 e. The molecule has 1 unspecified atom stereocenters. The highest BCUT2D eigenvalue weighted by Gasteiger charge is 2.17. The molecule has 0 fully saturated rings. The van der Waals surface area contributed by atoms with Crippen molar-refractivity contribution in [1.29, 1.82) is 0 Å². The molecule has 0 spiro atoms. The van der Waals surface area contributed by atoms with Gasteiger partial charge in [-0.25, -0.2) is 0 Å². The minimum absolute atomic E-state index is 0.213. The van der Waals surface area contributed by atoms with Crippen LogP contribution < -0.4 is 4.74 Å². The van der Waals surface area contributed by atoms with Crippen LogP contribution in [0.3, 0.4) is 0 Å². The van der Waals surface area contributed by atoms with E-state index in [1.54, 1.807) is 0 Å².